The van der Waals surface area contributed by atoms with Gasteiger partial charge >= 0.3 is 0 Å². The van der Waals surface area contributed by atoms with Crippen LogP contribution in [0, 0.1) is 12.8 Å². The third-order valence-corrected chi connectivity index (χ3v) is 4.18. The van der Waals surface area contributed by atoms with Gasteiger partial charge in [-0.3, -0.25) is 4.99 Å². The Morgan fingerprint density at radius 3 is 2.86 bits per heavy atom. The highest BCUT2D eigenvalue weighted by molar-refractivity contribution is 6.31. The van der Waals surface area contributed by atoms with Crippen molar-refractivity contribution in [3.05, 3.63) is 58.3 Å². The van der Waals surface area contributed by atoms with E-state index >= 15 is 0 Å². The van der Waals surface area contributed by atoms with Gasteiger partial charge in [-0.05, 0) is 68.6 Å². The van der Waals surface area contributed by atoms with Crippen molar-refractivity contribution in [1.82, 2.24) is 5.32 Å². The standard InChI is InChI=1S/C18H23ClN2/c1-4-5-16(12-20-3)18(21-11-14-6-7-14)15-8-9-17(19)13(2)10-15/h4-5,8-10,12,14,18,21H,3,6-7,11H2,1-2H3/b5-4-,16-12+. The molecule has 0 amide bonds. The lowest BCUT2D eigenvalue weighted by molar-refractivity contribution is 0.572. The van der Waals surface area contributed by atoms with Crippen molar-refractivity contribution in [2.75, 3.05) is 6.54 Å². The molecular formula is C18H23ClN2. The minimum absolute atomic E-state index is 0.128. The zero-order valence-electron chi connectivity index (χ0n) is 12.8. The summed E-state index contributed by atoms with van der Waals surface area (Å²) < 4.78 is 0. The van der Waals surface area contributed by atoms with Crippen molar-refractivity contribution in [2.24, 2.45) is 10.9 Å². The molecule has 3 heteroatoms. The molecule has 0 aromatic heterocycles. The first-order chi connectivity index (χ1) is 10.2. The number of halogens is 1. The number of hydrogen-bond acceptors (Lipinski definition) is 2. The Balaban J connectivity index is 2.30. The summed E-state index contributed by atoms with van der Waals surface area (Å²) in [6.07, 6.45) is 8.62. The maximum Gasteiger partial charge on any atom is 0.0592 e. The Morgan fingerprint density at radius 2 is 2.29 bits per heavy atom. The molecule has 2 rings (SSSR count). The van der Waals surface area contributed by atoms with E-state index in [0.717, 1.165) is 28.6 Å². The Hall–Kier alpha value is -1.38. The Bertz CT molecular complexity index is 556. The van der Waals surface area contributed by atoms with Gasteiger partial charge in [-0.15, -0.1) is 0 Å². The van der Waals surface area contributed by atoms with Gasteiger partial charge < -0.3 is 5.32 Å². The molecule has 1 unspecified atom stereocenters. The monoisotopic (exact) mass is 302 g/mol. The second kappa shape index (κ2) is 7.58. The molecule has 1 N–H and O–H groups in total. The highest BCUT2D eigenvalue weighted by atomic mass is 35.5. The second-order valence-corrected chi connectivity index (χ2v) is 6.01. The zero-order chi connectivity index (χ0) is 15.2. The van der Waals surface area contributed by atoms with Crippen LogP contribution in [0.5, 0.6) is 0 Å². The van der Waals surface area contributed by atoms with Crippen molar-refractivity contribution in [3.63, 3.8) is 0 Å². The summed E-state index contributed by atoms with van der Waals surface area (Å²) in [5.41, 5.74) is 3.43. The Morgan fingerprint density at radius 1 is 1.52 bits per heavy atom. The Kier molecular flexibility index (Phi) is 5.77. The molecule has 112 valence electrons. The summed E-state index contributed by atoms with van der Waals surface area (Å²) in [7, 11) is 0. The van der Waals surface area contributed by atoms with Gasteiger partial charge in [-0.2, -0.15) is 0 Å². The third-order valence-electron chi connectivity index (χ3n) is 3.76. The van der Waals surface area contributed by atoms with Gasteiger partial charge in [0, 0.05) is 11.2 Å². The predicted octanol–water partition coefficient (Wildman–Crippen LogP) is 4.85. The fourth-order valence-electron chi connectivity index (χ4n) is 2.39. The van der Waals surface area contributed by atoms with Crippen LogP contribution < -0.4 is 5.32 Å². The summed E-state index contributed by atoms with van der Waals surface area (Å²) in [6, 6.07) is 6.32. The molecule has 1 aromatic rings. The van der Waals surface area contributed by atoms with E-state index < -0.39 is 0 Å². The fraction of sp³-hybridized carbons (Fsp3) is 0.389. The molecule has 1 aromatic carbocycles. The molecule has 21 heavy (non-hydrogen) atoms. The van der Waals surface area contributed by atoms with Gasteiger partial charge in [0.1, 0.15) is 0 Å². The number of aryl methyl sites for hydroxylation is 1. The van der Waals surface area contributed by atoms with E-state index in [1.54, 1.807) is 0 Å². The van der Waals surface area contributed by atoms with E-state index in [9.17, 15) is 0 Å². The van der Waals surface area contributed by atoms with E-state index in [-0.39, 0.29) is 6.04 Å². The lowest BCUT2D eigenvalue weighted by atomic mass is 9.97. The van der Waals surface area contributed by atoms with Crippen LogP contribution in [0.15, 0.2) is 47.1 Å². The van der Waals surface area contributed by atoms with Crippen LogP contribution in [0.4, 0.5) is 0 Å². The van der Waals surface area contributed by atoms with E-state index in [4.69, 9.17) is 11.6 Å². The molecule has 0 bridgehead atoms. The summed E-state index contributed by atoms with van der Waals surface area (Å²) in [4.78, 5) is 3.95. The molecule has 2 nitrogen and oxygen atoms in total. The normalized spacial score (nSPS) is 17.2. The average Bonchev–Trinajstić information content (AvgIpc) is 3.27. The number of benzene rings is 1. The lowest BCUT2D eigenvalue weighted by Gasteiger charge is -2.21. The third kappa shape index (κ3) is 4.55. The first-order valence-electron chi connectivity index (χ1n) is 7.43. The van der Waals surface area contributed by atoms with Crippen molar-refractivity contribution in [1.29, 1.82) is 0 Å². The maximum atomic E-state index is 6.15. The number of aliphatic imine (C=N–C) groups is 1. The highest BCUT2D eigenvalue weighted by Gasteiger charge is 2.24. The summed E-state index contributed by atoms with van der Waals surface area (Å²) in [5.74, 6) is 0.824. The molecule has 0 spiro atoms. The zero-order valence-corrected chi connectivity index (χ0v) is 13.5. The van der Waals surface area contributed by atoms with Crippen molar-refractivity contribution in [3.8, 4) is 0 Å². The minimum Gasteiger partial charge on any atom is -0.306 e. The topological polar surface area (TPSA) is 24.4 Å². The van der Waals surface area contributed by atoms with E-state index in [2.05, 4.69) is 35.2 Å². The molecule has 1 saturated carbocycles. The molecule has 0 heterocycles. The molecule has 1 aliphatic carbocycles. The molecule has 0 radical (unpaired) electrons. The van der Waals surface area contributed by atoms with Gasteiger partial charge in [-0.1, -0.05) is 35.9 Å². The largest absolute Gasteiger partial charge is 0.306 e. The highest BCUT2D eigenvalue weighted by Crippen LogP contribution is 2.31. The van der Waals surface area contributed by atoms with Gasteiger partial charge in [0.15, 0.2) is 0 Å². The average molecular weight is 303 g/mol. The van der Waals surface area contributed by atoms with Gasteiger partial charge in [-0.25, -0.2) is 0 Å². The van der Waals surface area contributed by atoms with Crippen LogP contribution >= 0.6 is 11.6 Å². The number of hydrogen-bond donors (Lipinski definition) is 1. The minimum atomic E-state index is 0.128. The van der Waals surface area contributed by atoms with E-state index in [0.29, 0.717) is 0 Å². The molecular weight excluding hydrogens is 280 g/mol. The van der Waals surface area contributed by atoms with Crippen molar-refractivity contribution in [2.45, 2.75) is 32.7 Å². The maximum absolute atomic E-state index is 6.15. The molecule has 0 aliphatic heterocycles. The van der Waals surface area contributed by atoms with Crippen molar-refractivity contribution < 1.29 is 0 Å². The fourth-order valence-corrected chi connectivity index (χ4v) is 2.51. The first-order valence-corrected chi connectivity index (χ1v) is 7.81. The summed E-state index contributed by atoms with van der Waals surface area (Å²) >= 11 is 6.15. The van der Waals surface area contributed by atoms with Gasteiger partial charge in [0.2, 0.25) is 0 Å². The van der Waals surface area contributed by atoms with Crippen LogP contribution in [0.2, 0.25) is 5.02 Å². The summed E-state index contributed by atoms with van der Waals surface area (Å²) in [6.45, 7) is 8.68. The number of allylic oxidation sites excluding steroid dienone is 1. The predicted molar refractivity (Wildman–Crippen MR) is 92.1 cm³/mol. The van der Waals surface area contributed by atoms with Crippen LogP contribution in [-0.4, -0.2) is 13.3 Å². The van der Waals surface area contributed by atoms with Crippen LogP contribution in [0.1, 0.15) is 36.9 Å². The lowest BCUT2D eigenvalue weighted by Crippen LogP contribution is -2.25. The van der Waals surface area contributed by atoms with Crippen LogP contribution in [-0.2, 0) is 0 Å². The summed E-state index contributed by atoms with van der Waals surface area (Å²) in [5, 5.41) is 4.47. The molecule has 1 atom stereocenters. The van der Waals surface area contributed by atoms with E-state index in [1.165, 1.54) is 18.4 Å². The Labute approximate surface area is 132 Å². The molecule has 1 fully saturated rings. The van der Waals surface area contributed by atoms with Crippen LogP contribution in [0.3, 0.4) is 0 Å². The van der Waals surface area contributed by atoms with E-state index in [1.807, 2.05) is 32.2 Å². The molecule has 1 aliphatic rings. The number of nitrogens with zero attached hydrogens (tertiary/aromatic N) is 1. The number of nitrogens with one attached hydrogen (secondary N) is 1. The quantitative estimate of drug-likeness (QED) is 0.565. The first kappa shape index (κ1) is 16.0. The van der Waals surface area contributed by atoms with Crippen molar-refractivity contribution >= 4 is 18.3 Å². The van der Waals surface area contributed by atoms with Crippen LogP contribution in [0.25, 0.3) is 0 Å². The smallest absolute Gasteiger partial charge is 0.0592 e. The van der Waals surface area contributed by atoms with Gasteiger partial charge in [0.05, 0.1) is 6.04 Å². The second-order valence-electron chi connectivity index (χ2n) is 5.60. The number of rotatable bonds is 7. The van der Waals surface area contributed by atoms with Gasteiger partial charge in [0.25, 0.3) is 0 Å². The molecule has 0 saturated heterocycles. The SMILES string of the molecule is C=N/C=C(\C=C/C)C(NCC1CC1)c1ccc(Cl)c(C)c1.